The number of sulfonamides is 3. The van der Waals surface area contributed by atoms with Crippen LogP contribution in [-0.2, 0) is 57.4 Å². The Bertz CT molecular complexity index is 6860. The van der Waals surface area contributed by atoms with E-state index in [2.05, 4.69) is 38.9 Å². The lowest BCUT2D eigenvalue weighted by Crippen LogP contribution is -2.35. The summed E-state index contributed by atoms with van der Waals surface area (Å²) in [5.74, 6) is -2.18. The normalized spacial score (nSPS) is 16.9. The molecular weight excluding hydrogens is 1830 g/mol. The third-order valence-corrected chi connectivity index (χ3v) is 27.1. The van der Waals surface area contributed by atoms with Crippen LogP contribution in [0, 0.1) is 17.5 Å². The quantitative estimate of drug-likeness (QED) is 0.0467. The van der Waals surface area contributed by atoms with Crippen LogP contribution in [0.1, 0.15) is 84.1 Å². The van der Waals surface area contributed by atoms with E-state index in [0.29, 0.717) is 38.8 Å². The van der Waals surface area contributed by atoms with Gasteiger partial charge in [0, 0.05) is 70.8 Å². The van der Waals surface area contributed by atoms with Crippen LogP contribution in [0.15, 0.2) is 256 Å². The highest BCUT2D eigenvalue weighted by molar-refractivity contribution is 7.93. The van der Waals surface area contributed by atoms with Gasteiger partial charge < -0.3 is 37.3 Å². The number of pyridine rings is 3. The maximum Gasteiger partial charge on any atom is 0.522 e. The predicted octanol–water partition coefficient (Wildman–Crippen LogP) is 17.3. The Morgan fingerprint density at radius 1 is 0.379 bits per heavy atom. The van der Waals surface area contributed by atoms with Crippen LogP contribution < -0.4 is 53.7 Å². The molecule has 1 N–H and O–H groups in total. The molecular formula is C88H73F12N9O20S3. The molecule has 3 aliphatic rings. The molecule has 3 saturated carbocycles. The van der Waals surface area contributed by atoms with Crippen molar-refractivity contribution in [3.8, 4) is 45.8 Å². The molecule has 8 aromatic carbocycles. The first-order chi connectivity index (χ1) is 62.7. The molecule has 0 spiro atoms. The highest BCUT2D eigenvalue weighted by atomic mass is 32.2. The second-order valence-electron chi connectivity index (χ2n) is 30.3. The van der Waals surface area contributed by atoms with Crippen molar-refractivity contribution in [3.05, 3.63) is 289 Å². The van der Waals surface area contributed by atoms with Crippen molar-refractivity contribution in [2.75, 3.05) is 48.9 Å². The van der Waals surface area contributed by atoms with E-state index in [1.165, 1.54) is 195 Å². The van der Waals surface area contributed by atoms with Gasteiger partial charge in [0.05, 0.1) is 115 Å². The molecule has 0 radical (unpaired) electrons. The van der Waals surface area contributed by atoms with E-state index in [1.54, 1.807) is 48.5 Å². The van der Waals surface area contributed by atoms with E-state index in [-0.39, 0.29) is 151 Å². The summed E-state index contributed by atoms with van der Waals surface area (Å²) < 4.78 is 302. The van der Waals surface area contributed by atoms with Gasteiger partial charge in [0.2, 0.25) is 0 Å². The van der Waals surface area contributed by atoms with Gasteiger partial charge in [-0.3, -0.25) is 47.0 Å². The number of methoxy groups -OCH3 is 5. The van der Waals surface area contributed by atoms with Crippen molar-refractivity contribution < 1.29 is 129 Å². The van der Waals surface area contributed by atoms with E-state index in [0.717, 1.165) is 26.8 Å². The summed E-state index contributed by atoms with van der Waals surface area (Å²) in [7, 11) is -5.52. The summed E-state index contributed by atoms with van der Waals surface area (Å²) >= 11 is 0. The lowest BCUT2D eigenvalue weighted by molar-refractivity contribution is -0.352. The maximum absolute atomic E-state index is 15.4. The van der Waals surface area contributed by atoms with Gasteiger partial charge in [-0.1, -0.05) is 39.7 Å². The summed E-state index contributed by atoms with van der Waals surface area (Å²) in [4.78, 5) is 38.9. The molecule has 44 heteroatoms. The average molecular weight is 1900 g/mol. The van der Waals surface area contributed by atoms with Crippen molar-refractivity contribution in [1.82, 2.24) is 29.2 Å². The lowest BCUT2D eigenvalue weighted by Gasteiger charge is -2.36. The fraction of sp³-hybridized carbons (Fsp3) is 0.250. The van der Waals surface area contributed by atoms with Crippen LogP contribution >= 0.6 is 0 Å². The highest BCUT2D eigenvalue weighted by Crippen LogP contribution is 2.49. The van der Waals surface area contributed by atoms with Gasteiger partial charge in [-0.05, 0) is 199 Å². The van der Waals surface area contributed by atoms with Crippen LogP contribution in [0.4, 0.5) is 70.1 Å². The highest BCUT2D eigenvalue weighted by Gasteiger charge is 2.45. The Kier molecular flexibility index (Phi) is 26.3. The predicted molar refractivity (Wildman–Crippen MR) is 450 cm³/mol. The van der Waals surface area contributed by atoms with Crippen LogP contribution in [0.25, 0.3) is 49.8 Å². The molecule has 6 aromatic heterocycles. The zero-order valence-corrected chi connectivity index (χ0v) is 71.8. The summed E-state index contributed by atoms with van der Waals surface area (Å²) in [6.45, 7) is -0.160. The van der Waals surface area contributed by atoms with Gasteiger partial charge in [0.25, 0.3) is 46.7 Å². The number of aromatic nitrogens is 6. The number of alkyl halides is 9. The number of hydrogen-bond donors (Lipinski definition) is 1. The topological polar surface area (TPSA) is 339 Å². The molecule has 0 unspecified atom stereocenters. The minimum absolute atomic E-state index is 0.0156. The van der Waals surface area contributed by atoms with E-state index in [4.69, 9.17) is 32.7 Å². The first kappa shape index (κ1) is 93.0. The Labute approximate surface area is 740 Å². The number of ether oxygens (including phenoxy) is 8. The SMILES string of the molecule is COc1cc(C2CC(OC(F)(F)F)C2)c(F)cc1-n1c(=O)ccc2cc(S(=O)(=O)Nc3ccon3)ccc21.COc1ccc(CN(c2ccon2)S(=O)(=O)c2ccc3c(ccc(=O)n3-c3cc(F)c(C4CC(OC(F)(F)F)C4)cc3OC)c2)cc1.COc1ccc(CN(c2ccon2)S(=O)(=O)c2ccc3c(ccc(=O)n3-c3cc(F)c(C4CC(OC(F)(F)F)C4)cc3OC)c2)cc1. The molecule has 3 fully saturated rings. The minimum atomic E-state index is -4.78. The van der Waals surface area contributed by atoms with Gasteiger partial charge in [-0.2, -0.15) is 0 Å². The number of benzene rings is 8. The minimum Gasteiger partial charge on any atom is -0.497 e. The third-order valence-electron chi connectivity index (χ3n) is 22.2. The number of nitrogens with zero attached hydrogens (tertiary/aromatic N) is 8. The summed E-state index contributed by atoms with van der Waals surface area (Å²) in [6, 6.07) is 45.3. The monoisotopic (exact) mass is 1900 g/mol. The second-order valence-corrected chi connectivity index (χ2v) is 35.7. The van der Waals surface area contributed by atoms with Gasteiger partial charge in [-0.15, -0.1) is 39.5 Å². The number of halogens is 12. The zero-order chi connectivity index (χ0) is 94.3. The van der Waals surface area contributed by atoms with Crippen molar-refractivity contribution >= 4 is 80.2 Å². The van der Waals surface area contributed by atoms with Crippen LogP contribution in [0.3, 0.4) is 0 Å². The standard InChI is InChI=1S/2C32H27F4N3O7S.C24H19F4N3O6S/c2*1-43-22-6-3-19(4-7-22)18-38(30-11-12-45-37-30)47(41,42)24-8-9-27-20(15-24)5-10-31(40)39(27)28-17-26(33)25(16-29(28)44-2)21-13-23(14-21)46-32(34,35)36;1-35-21-11-17(14-8-15(9-14)37-24(26,27)28)18(25)12-20(21)31-19-4-3-16(10-13(19)2-5-23(31)32)38(33,34)30-22-6-7-36-29-22/h2*3-12,15-17,21,23H,13-14,18H2,1-2H3;2-7,10-12,14-15H,8-9H2,1H3,(H,29,30). The summed E-state index contributed by atoms with van der Waals surface area (Å²) in [5, 5.41) is 12.2. The maximum atomic E-state index is 15.4. The molecule has 0 aliphatic heterocycles. The molecule has 6 heterocycles. The van der Waals surface area contributed by atoms with E-state index < -0.39 is 119 Å². The van der Waals surface area contributed by atoms with E-state index in [9.17, 15) is 79.2 Å². The Morgan fingerprint density at radius 3 is 0.977 bits per heavy atom. The van der Waals surface area contributed by atoms with Crippen molar-refractivity contribution in [2.45, 2.75) is 121 Å². The number of nitrogens with one attached hydrogen (secondary N) is 1. The molecule has 0 atom stereocenters. The largest absolute Gasteiger partial charge is 0.522 e. The van der Waals surface area contributed by atoms with Crippen molar-refractivity contribution in [1.29, 1.82) is 0 Å². The zero-order valence-electron chi connectivity index (χ0n) is 69.3. The van der Waals surface area contributed by atoms with Gasteiger partial charge >= 0.3 is 19.1 Å². The van der Waals surface area contributed by atoms with Crippen LogP contribution in [0.5, 0.6) is 28.7 Å². The van der Waals surface area contributed by atoms with E-state index in [1.807, 2.05) is 0 Å². The Hall–Kier alpha value is -13.7. The van der Waals surface area contributed by atoms with Crippen LogP contribution in [-0.4, -0.2) is 127 Å². The average Bonchev–Trinajstić information content (AvgIpc) is 1.07. The fourth-order valence-corrected chi connectivity index (χ4v) is 19.5. The third kappa shape index (κ3) is 20.1. The molecule has 14 aromatic rings. The van der Waals surface area contributed by atoms with Gasteiger partial charge in [0.15, 0.2) is 17.5 Å². The fourth-order valence-electron chi connectivity index (χ4n) is 15.6. The molecule has 3 aliphatic carbocycles. The second kappa shape index (κ2) is 37.3. The molecule has 0 amide bonds. The Morgan fingerprint density at radius 2 is 0.689 bits per heavy atom. The smallest absolute Gasteiger partial charge is 0.497 e. The molecule has 0 bridgehead atoms. The van der Waals surface area contributed by atoms with Crippen molar-refractivity contribution in [3.63, 3.8) is 0 Å². The Balaban J connectivity index is 0.000000152. The van der Waals surface area contributed by atoms with Crippen LogP contribution in [0.2, 0.25) is 0 Å². The number of fused-ring (bicyclic) bond motifs is 3. The number of anilines is 3. The number of hydrogen-bond acceptors (Lipinski definition) is 23. The van der Waals surface area contributed by atoms with E-state index >= 15 is 13.2 Å². The summed E-state index contributed by atoms with van der Waals surface area (Å²) in [6.07, 6.45) is -14.0. The molecule has 0 saturated heterocycles. The first-order valence-electron chi connectivity index (χ1n) is 39.6. The molecule has 29 nitrogen and oxygen atoms in total. The van der Waals surface area contributed by atoms with Crippen molar-refractivity contribution in [2.24, 2.45) is 0 Å². The number of rotatable bonds is 27. The molecule has 132 heavy (non-hydrogen) atoms. The summed E-state index contributed by atoms with van der Waals surface area (Å²) in [5.41, 5.74) is 0.970. The van der Waals surface area contributed by atoms with Gasteiger partial charge in [0.1, 0.15) is 65.0 Å². The molecule has 17 rings (SSSR count). The molecule has 692 valence electrons. The lowest BCUT2D eigenvalue weighted by atomic mass is 9.77. The first-order valence-corrected chi connectivity index (χ1v) is 44.0. The van der Waals surface area contributed by atoms with Gasteiger partial charge in [-0.25, -0.2) is 47.0 Å².